The van der Waals surface area contributed by atoms with Crippen molar-refractivity contribution in [3.63, 3.8) is 0 Å². The largest absolute Gasteiger partial charge is 0.393 e. The van der Waals surface area contributed by atoms with Crippen molar-refractivity contribution in [3.05, 3.63) is 0 Å². The Labute approximate surface area is 72.3 Å². The summed E-state index contributed by atoms with van der Waals surface area (Å²) in [6.07, 6.45) is 0.471. The SMILES string of the molecule is CC(C)(O)O[C@@H]1C[C@@H](O)C[C@H]1N. The maximum Gasteiger partial charge on any atom is 0.160 e. The number of ether oxygens (including phenoxy) is 1. The van der Waals surface area contributed by atoms with Gasteiger partial charge in [0.25, 0.3) is 0 Å². The molecule has 0 aromatic rings. The molecule has 1 fully saturated rings. The normalized spacial score (nSPS) is 37.2. The van der Waals surface area contributed by atoms with Crippen molar-refractivity contribution in [2.24, 2.45) is 5.73 Å². The molecule has 12 heavy (non-hydrogen) atoms. The summed E-state index contributed by atoms with van der Waals surface area (Å²) in [6.45, 7) is 3.12. The van der Waals surface area contributed by atoms with Crippen LogP contribution in [0.5, 0.6) is 0 Å². The topological polar surface area (TPSA) is 75.7 Å². The van der Waals surface area contributed by atoms with Crippen molar-refractivity contribution in [3.8, 4) is 0 Å². The summed E-state index contributed by atoms with van der Waals surface area (Å²) in [5.41, 5.74) is 5.68. The predicted molar refractivity (Wildman–Crippen MR) is 44.4 cm³/mol. The Morgan fingerprint density at radius 2 is 2.00 bits per heavy atom. The van der Waals surface area contributed by atoms with Gasteiger partial charge < -0.3 is 20.7 Å². The number of nitrogens with two attached hydrogens (primary N) is 1. The first-order valence-corrected chi connectivity index (χ1v) is 4.22. The molecular formula is C8H17NO3. The first-order valence-electron chi connectivity index (χ1n) is 4.22. The van der Waals surface area contributed by atoms with Crippen LogP contribution in [0.1, 0.15) is 26.7 Å². The number of aliphatic hydroxyl groups excluding tert-OH is 1. The highest BCUT2D eigenvalue weighted by molar-refractivity contribution is 4.87. The van der Waals surface area contributed by atoms with E-state index >= 15 is 0 Å². The molecule has 0 unspecified atom stereocenters. The second-order valence-electron chi connectivity index (χ2n) is 3.89. The summed E-state index contributed by atoms with van der Waals surface area (Å²) in [6, 6.07) is -0.161. The average molecular weight is 175 g/mol. The maximum atomic E-state index is 9.32. The van der Waals surface area contributed by atoms with Crippen LogP contribution in [0.3, 0.4) is 0 Å². The molecule has 1 aliphatic carbocycles. The third-order valence-electron chi connectivity index (χ3n) is 1.97. The Kier molecular flexibility index (Phi) is 2.73. The van der Waals surface area contributed by atoms with Gasteiger partial charge >= 0.3 is 0 Å². The number of hydrogen-bond donors (Lipinski definition) is 3. The molecule has 0 bridgehead atoms. The molecule has 0 saturated heterocycles. The van der Waals surface area contributed by atoms with Gasteiger partial charge in [-0.25, -0.2) is 0 Å². The summed E-state index contributed by atoms with van der Waals surface area (Å²) in [5.74, 6) is -1.16. The molecule has 0 aromatic heterocycles. The molecular weight excluding hydrogens is 158 g/mol. The fraction of sp³-hybridized carbons (Fsp3) is 1.00. The van der Waals surface area contributed by atoms with Crippen LogP contribution in [-0.4, -0.2) is 34.2 Å². The molecule has 0 amide bonds. The fourth-order valence-corrected chi connectivity index (χ4v) is 1.51. The first kappa shape index (κ1) is 9.92. The highest BCUT2D eigenvalue weighted by atomic mass is 16.6. The summed E-state index contributed by atoms with van der Waals surface area (Å²) >= 11 is 0. The van der Waals surface area contributed by atoms with E-state index < -0.39 is 5.79 Å². The second kappa shape index (κ2) is 3.30. The zero-order valence-electron chi connectivity index (χ0n) is 7.53. The Morgan fingerprint density at radius 1 is 1.42 bits per heavy atom. The van der Waals surface area contributed by atoms with Gasteiger partial charge in [-0.15, -0.1) is 0 Å². The molecule has 0 aromatic carbocycles. The van der Waals surface area contributed by atoms with E-state index in [1.54, 1.807) is 13.8 Å². The molecule has 4 heteroatoms. The highest BCUT2D eigenvalue weighted by Gasteiger charge is 2.34. The van der Waals surface area contributed by atoms with E-state index in [1.807, 2.05) is 0 Å². The molecule has 1 aliphatic rings. The van der Waals surface area contributed by atoms with E-state index in [9.17, 15) is 10.2 Å². The number of aliphatic hydroxyl groups is 2. The second-order valence-corrected chi connectivity index (χ2v) is 3.89. The van der Waals surface area contributed by atoms with E-state index in [2.05, 4.69) is 0 Å². The Hall–Kier alpha value is -0.160. The quantitative estimate of drug-likeness (QED) is 0.498. The molecule has 0 spiro atoms. The molecule has 1 rings (SSSR count). The van der Waals surface area contributed by atoms with Gasteiger partial charge in [0.1, 0.15) is 0 Å². The van der Waals surface area contributed by atoms with E-state index in [0.717, 1.165) is 0 Å². The van der Waals surface area contributed by atoms with Gasteiger partial charge in [0.05, 0.1) is 12.2 Å². The van der Waals surface area contributed by atoms with Crippen molar-refractivity contribution >= 4 is 0 Å². The zero-order valence-corrected chi connectivity index (χ0v) is 7.53. The summed E-state index contributed by atoms with van der Waals surface area (Å²) in [4.78, 5) is 0. The number of hydrogen-bond acceptors (Lipinski definition) is 4. The molecule has 0 heterocycles. The van der Waals surface area contributed by atoms with Gasteiger partial charge in [0.15, 0.2) is 5.79 Å². The molecule has 3 atom stereocenters. The van der Waals surface area contributed by atoms with Crippen molar-refractivity contribution < 1.29 is 14.9 Å². The lowest BCUT2D eigenvalue weighted by molar-refractivity contribution is -0.207. The van der Waals surface area contributed by atoms with Crippen LogP contribution in [0.25, 0.3) is 0 Å². The van der Waals surface area contributed by atoms with Crippen LogP contribution in [0.2, 0.25) is 0 Å². The third-order valence-corrected chi connectivity index (χ3v) is 1.97. The summed E-state index contributed by atoms with van der Waals surface area (Å²) in [7, 11) is 0. The monoisotopic (exact) mass is 175 g/mol. The van der Waals surface area contributed by atoms with Crippen LogP contribution in [0, 0.1) is 0 Å². The van der Waals surface area contributed by atoms with Gasteiger partial charge in [-0.2, -0.15) is 0 Å². The minimum Gasteiger partial charge on any atom is -0.393 e. The van der Waals surface area contributed by atoms with E-state index in [0.29, 0.717) is 12.8 Å². The van der Waals surface area contributed by atoms with Crippen LogP contribution in [0.15, 0.2) is 0 Å². The van der Waals surface area contributed by atoms with Gasteiger partial charge in [-0.1, -0.05) is 0 Å². The Bertz CT molecular complexity index is 155. The van der Waals surface area contributed by atoms with Crippen molar-refractivity contribution in [2.75, 3.05) is 0 Å². The standard InChI is InChI=1S/C8H17NO3/c1-8(2,11)12-7-4-5(10)3-6(7)9/h5-7,10-11H,3-4,9H2,1-2H3/t5-,6+,7+/m0/s1. The highest BCUT2D eigenvalue weighted by Crippen LogP contribution is 2.24. The van der Waals surface area contributed by atoms with Crippen LogP contribution >= 0.6 is 0 Å². The van der Waals surface area contributed by atoms with Crippen LogP contribution < -0.4 is 5.73 Å². The van der Waals surface area contributed by atoms with E-state index in [1.165, 1.54) is 0 Å². The maximum absolute atomic E-state index is 9.32. The lowest BCUT2D eigenvalue weighted by atomic mass is 10.2. The Morgan fingerprint density at radius 3 is 2.33 bits per heavy atom. The fourth-order valence-electron chi connectivity index (χ4n) is 1.51. The van der Waals surface area contributed by atoms with E-state index in [-0.39, 0.29) is 18.2 Å². The predicted octanol–water partition coefficient (Wildman–Crippen LogP) is -0.418. The van der Waals surface area contributed by atoms with Gasteiger partial charge in [-0.05, 0) is 20.3 Å². The van der Waals surface area contributed by atoms with Crippen molar-refractivity contribution in [1.29, 1.82) is 0 Å². The number of rotatable bonds is 2. The van der Waals surface area contributed by atoms with Gasteiger partial charge in [-0.3, -0.25) is 0 Å². The summed E-state index contributed by atoms with van der Waals surface area (Å²) < 4.78 is 5.25. The Balaban J connectivity index is 2.43. The smallest absolute Gasteiger partial charge is 0.160 e. The lowest BCUT2D eigenvalue weighted by Gasteiger charge is -2.25. The van der Waals surface area contributed by atoms with Crippen LogP contribution in [0.4, 0.5) is 0 Å². The van der Waals surface area contributed by atoms with E-state index in [4.69, 9.17) is 10.5 Å². The lowest BCUT2D eigenvalue weighted by Crippen LogP contribution is -2.38. The first-order chi connectivity index (χ1) is 5.38. The van der Waals surface area contributed by atoms with Gasteiger partial charge in [0.2, 0.25) is 0 Å². The summed E-state index contributed by atoms with van der Waals surface area (Å²) in [5, 5.41) is 18.5. The van der Waals surface area contributed by atoms with Crippen LogP contribution in [-0.2, 0) is 4.74 Å². The third kappa shape index (κ3) is 2.71. The van der Waals surface area contributed by atoms with Crippen molar-refractivity contribution in [1.82, 2.24) is 0 Å². The molecule has 72 valence electrons. The molecule has 0 aliphatic heterocycles. The molecule has 0 radical (unpaired) electrons. The minimum absolute atomic E-state index is 0.161. The molecule has 4 nitrogen and oxygen atoms in total. The molecule has 4 N–H and O–H groups in total. The molecule has 1 saturated carbocycles. The minimum atomic E-state index is -1.16. The van der Waals surface area contributed by atoms with Gasteiger partial charge in [0, 0.05) is 12.5 Å². The van der Waals surface area contributed by atoms with Crippen molar-refractivity contribution in [2.45, 2.75) is 50.7 Å². The average Bonchev–Trinajstić information content (AvgIpc) is 2.06. The zero-order chi connectivity index (χ0) is 9.35.